The molecule has 0 saturated carbocycles. The Labute approximate surface area is 128 Å². The van der Waals surface area contributed by atoms with E-state index in [1.807, 2.05) is 36.7 Å². The van der Waals surface area contributed by atoms with Gasteiger partial charge in [-0.2, -0.15) is 0 Å². The molecule has 3 rings (SSSR count). The predicted molar refractivity (Wildman–Crippen MR) is 84.2 cm³/mol. The number of anilines is 1. The molecule has 2 aromatic rings. The number of carboxylic acid groups (broad SMARTS) is 1. The summed E-state index contributed by atoms with van der Waals surface area (Å²) in [6, 6.07) is 7.88. The minimum Gasteiger partial charge on any atom is -0.481 e. The Bertz CT molecular complexity index is 653. The van der Waals surface area contributed by atoms with Gasteiger partial charge in [0.2, 0.25) is 0 Å². The van der Waals surface area contributed by atoms with E-state index in [-0.39, 0.29) is 5.92 Å². The third kappa shape index (κ3) is 2.78. The minimum absolute atomic E-state index is 0.373. The van der Waals surface area contributed by atoms with E-state index in [2.05, 4.69) is 9.88 Å². The molecule has 2 heterocycles. The average molecular weight is 302 g/mol. The number of hydrogen-bond acceptors (Lipinski definition) is 4. The summed E-state index contributed by atoms with van der Waals surface area (Å²) in [5.74, 6) is -1.09. The molecule has 0 spiro atoms. The lowest BCUT2D eigenvalue weighted by Crippen LogP contribution is -2.34. The Kier molecular flexibility index (Phi) is 3.92. The minimum atomic E-state index is -0.722. The molecule has 21 heavy (non-hydrogen) atoms. The van der Waals surface area contributed by atoms with Gasteiger partial charge >= 0.3 is 5.97 Å². The summed E-state index contributed by atoms with van der Waals surface area (Å²) in [6.45, 7) is 3.74. The maximum atomic E-state index is 11.4. The fourth-order valence-corrected chi connectivity index (χ4v) is 3.69. The Morgan fingerprint density at radius 3 is 3.00 bits per heavy atom. The van der Waals surface area contributed by atoms with E-state index in [0.717, 1.165) is 36.5 Å². The molecule has 1 aliphatic rings. The van der Waals surface area contributed by atoms with E-state index in [4.69, 9.17) is 0 Å². The molecule has 4 nitrogen and oxygen atoms in total. The van der Waals surface area contributed by atoms with Crippen molar-refractivity contribution in [3.63, 3.8) is 0 Å². The van der Waals surface area contributed by atoms with Gasteiger partial charge in [-0.3, -0.25) is 4.79 Å². The summed E-state index contributed by atoms with van der Waals surface area (Å²) >= 11 is 1.69. The van der Waals surface area contributed by atoms with Gasteiger partial charge in [0.1, 0.15) is 0 Å². The maximum absolute atomic E-state index is 11.4. The summed E-state index contributed by atoms with van der Waals surface area (Å²) in [6.07, 6.45) is 1.64. The van der Waals surface area contributed by atoms with Crippen molar-refractivity contribution in [1.29, 1.82) is 0 Å². The number of aliphatic carboxylic acids is 1. The second-order valence-corrected chi connectivity index (χ2v) is 6.28. The standard InChI is InChI=1S/C16H18N2O2S/c1-11-15(21-10-17-11)7-9-18-8-6-13(16(19)20)12-4-2-3-5-14(12)18/h2-5,10,13H,6-9H2,1H3,(H,19,20). The normalized spacial score (nSPS) is 17.6. The number of hydrogen-bond donors (Lipinski definition) is 1. The van der Waals surface area contributed by atoms with Crippen molar-refractivity contribution in [2.24, 2.45) is 0 Å². The molecule has 0 bridgehead atoms. The van der Waals surface area contributed by atoms with Gasteiger partial charge in [-0.25, -0.2) is 4.98 Å². The molecular weight excluding hydrogens is 284 g/mol. The molecule has 1 N–H and O–H groups in total. The van der Waals surface area contributed by atoms with E-state index >= 15 is 0 Å². The molecule has 0 amide bonds. The number of para-hydroxylation sites is 1. The number of thiazole rings is 1. The van der Waals surface area contributed by atoms with Crippen LogP contribution >= 0.6 is 11.3 Å². The second-order valence-electron chi connectivity index (χ2n) is 5.34. The summed E-state index contributed by atoms with van der Waals surface area (Å²) in [5, 5.41) is 9.36. The Morgan fingerprint density at radius 2 is 2.29 bits per heavy atom. The van der Waals surface area contributed by atoms with Gasteiger partial charge in [-0.05, 0) is 25.0 Å². The van der Waals surface area contributed by atoms with Gasteiger partial charge < -0.3 is 10.0 Å². The van der Waals surface area contributed by atoms with Crippen molar-refractivity contribution >= 4 is 23.0 Å². The van der Waals surface area contributed by atoms with E-state index in [1.165, 1.54) is 4.88 Å². The topological polar surface area (TPSA) is 53.4 Å². The summed E-state index contributed by atoms with van der Waals surface area (Å²) in [4.78, 5) is 19.3. The first-order chi connectivity index (χ1) is 10.2. The van der Waals surface area contributed by atoms with Gasteiger partial charge in [-0.1, -0.05) is 18.2 Å². The van der Waals surface area contributed by atoms with Crippen molar-refractivity contribution in [3.8, 4) is 0 Å². The van der Waals surface area contributed by atoms with Crippen molar-refractivity contribution in [3.05, 3.63) is 45.9 Å². The predicted octanol–water partition coefficient (Wildman–Crippen LogP) is 3.07. The van der Waals surface area contributed by atoms with Gasteiger partial charge in [0.15, 0.2) is 0 Å². The van der Waals surface area contributed by atoms with Gasteiger partial charge in [0, 0.05) is 30.1 Å². The monoisotopic (exact) mass is 302 g/mol. The number of fused-ring (bicyclic) bond motifs is 1. The zero-order chi connectivity index (χ0) is 14.8. The Hall–Kier alpha value is -1.88. The number of carboxylic acids is 1. The van der Waals surface area contributed by atoms with Gasteiger partial charge in [0.25, 0.3) is 0 Å². The quantitative estimate of drug-likeness (QED) is 0.943. The lowest BCUT2D eigenvalue weighted by molar-refractivity contribution is -0.139. The molecule has 0 aliphatic carbocycles. The zero-order valence-corrected chi connectivity index (χ0v) is 12.8. The molecule has 110 valence electrons. The molecule has 1 aromatic carbocycles. The molecule has 5 heteroatoms. The molecule has 0 fully saturated rings. The van der Waals surface area contributed by atoms with Crippen molar-refractivity contribution in [1.82, 2.24) is 4.98 Å². The SMILES string of the molecule is Cc1ncsc1CCN1CCC(C(=O)O)c2ccccc21. The van der Waals surface area contributed by atoms with Crippen LogP contribution in [0.25, 0.3) is 0 Å². The highest BCUT2D eigenvalue weighted by Gasteiger charge is 2.29. The van der Waals surface area contributed by atoms with Crippen LogP contribution in [0.1, 0.15) is 28.5 Å². The lowest BCUT2D eigenvalue weighted by atomic mass is 9.90. The number of carbonyl (C=O) groups is 1. The highest BCUT2D eigenvalue weighted by Crippen LogP contribution is 2.35. The molecule has 1 atom stereocenters. The highest BCUT2D eigenvalue weighted by molar-refractivity contribution is 7.09. The number of aryl methyl sites for hydroxylation is 1. The van der Waals surface area contributed by atoms with E-state index in [1.54, 1.807) is 11.3 Å². The number of nitrogens with zero attached hydrogens (tertiary/aromatic N) is 2. The first-order valence-electron chi connectivity index (χ1n) is 7.12. The van der Waals surface area contributed by atoms with Crippen LogP contribution in [-0.2, 0) is 11.2 Å². The summed E-state index contributed by atoms with van der Waals surface area (Å²) < 4.78 is 0. The third-order valence-electron chi connectivity index (χ3n) is 4.09. The number of rotatable bonds is 4. The van der Waals surface area contributed by atoms with Crippen molar-refractivity contribution in [2.45, 2.75) is 25.7 Å². The smallest absolute Gasteiger partial charge is 0.311 e. The van der Waals surface area contributed by atoms with Crippen LogP contribution in [0, 0.1) is 6.92 Å². The molecule has 1 aromatic heterocycles. The molecule has 0 saturated heterocycles. The van der Waals surface area contributed by atoms with Crippen LogP contribution in [0.2, 0.25) is 0 Å². The Morgan fingerprint density at radius 1 is 1.48 bits per heavy atom. The molecular formula is C16H18N2O2S. The second kappa shape index (κ2) is 5.85. The molecule has 1 aliphatic heterocycles. The van der Waals surface area contributed by atoms with E-state index < -0.39 is 5.97 Å². The van der Waals surface area contributed by atoms with Crippen LogP contribution < -0.4 is 4.90 Å². The summed E-state index contributed by atoms with van der Waals surface area (Å²) in [5.41, 5.74) is 5.00. The number of aromatic nitrogens is 1. The molecule has 0 radical (unpaired) electrons. The van der Waals surface area contributed by atoms with Gasteiger partial charge in [0.05, 0.1) is 17.1 Å². The van der Waals surface area contributed by atoms with E-state index in [0.29, 0.717) is 6.42 Å². The fraction of sp³-hybridized carbons (Fsp3) is 0.375. The average Bonchev–Trinajstić information content (AvgIpc) is 2.89. The molecule has 1 unspecified atom stereocenters. The Balaban J connectivity index is 1.79. The van der Waals surface area contributed by atoms with Crippen LogP contribution in [0.4, 0.5) is 5.69 Å². The maximum Gasteiger partial charge on any atom is 0.311 e. The first kappa shape index (κ1) is 14.1. The summed E-state index contributed by atoms with van der Waals surface area (Å²) in [7, 11) is 0. The van der Waals surface area contributed by atoms with Crippen molar-refractivity contribution in [2.75, 3.05) is 18.0 Å². The number of benzene rings is 1. The largest absolute Gasteiger partial charge is 0.481 e. The fourth-order valence-electron chi connectivity index (χ4n) is 2.92. The highest BCUT2D eigenvalue weighted by atomic mass is 32.1. The van der Waals surface area contributed by atoms with Crippen molar-refractivity contribution < 1.29 is 9.90 Å². The van der Waals surface area contributed by atoms with E-state index in [9.17, 15) is 9.90 Å². The third-order valence-corrected chi connectivity index (χ3v) is 5.09. The van der Waals surface area contributed by atoms with Crippen LogP contribution in [0.3, 0.4) is 0 Å². The van der Waals surface area contributed by atoms with Crippen LogP contribution in [-0.4, -0.2) is 29.1 Å². The zero-order valence-electron chi connectivity index (χ0n) is 12.0. The van der Waals surface area contributed by atoms with Gasteiger partial charge in [-0.15, -0.1) is 11.3 Å². The van der Waals surface area contributed by atoms with Crippen LogP contribution in [0.15, 0.2) is 29.8 Å². The van der Waals surface area contributed by atoms with Crippen LogP contribution in [0.5, 0.6) is 0 Å². The lowest BCUT2D eigenvalue weighted by Gasteiger charge is -2.34. The first-order valence-corrected chi connectivity index (χ1v) is 8.00.